The molecule has 7 heteroatoms. The Balaban J connectivity index is 1.43. The Hall–Kier alpha value is -5.30. The number of furan rings is 1. The predicted molar refractivity (Wildman–Crippen MR) is 155 cm³/mol. The summed E-state index contributed by atoms with van der Waals surface area (Å²) >= 11 is 0. The molecule has 8 rings (SSSR count). The quantitative estimate of drug-likeness (QED) is 0.255. The number of Topliss-reactive ketones (excluding diaryl/α,β-unsaturated/α-hetero) is 2. The minimum absolute atomic E-state index is 0.0757. The average molecular weight is 555 g/mol. The lowest BCUT2D eigenvalue weighted by Gasteiger charge is -2.38. The largest absolute Gasteiger partial charge is 0.453 e. The summed E-state index contributed by atoms with van der Waals surface area (Å²) in [6.07, 6.45) is 3.71. The molecule has 0 unspecified atom stereocenters. The highest BCUT2D eigenvalue weighted by Gasteiger charge is 2.71. The molecule has 1 spiro atoms. The van der Waals surface area contributed by atoms with Crippen molar-refractivity contribution in [3.8, 4) is 0 Å². The molecule has 1 amide bonds. The van der Waals surface area contributed by atoms with Crippen LogP contribution in [0.3, 0.4) is 0 Å². The summed E-state index contributed by atoms with van der Waals surface area (Å²) in [5.41, 5.74) is 2.31. The van der Waals surface area contributed by atoms with Crippen molar-refractivity contribution in [3.63, 3.8) is 0 Å². The minimum atomic E-state index is -1.46. The van der Waals surface area contributed by atoms with E-state index in [2.05, 4.69) is 5.32 Å². The molecule has 3 aliphatic rings. The van der Waals surface area contributed by atoms with Crippen LogP contribution in [0.1, 0.15) is 43.6 Å². The van der Waals surface area contributed by atoms with Gasteiger partial charge in [0.1, 0.15) is 22.9 Å². The number of benzene rings is 4. The van der Waals surface area contributed by atoms with E-state index in [9.17, 15) is 18.8 Å². The van der Waals surface area contributed by atoms with E-state index in [0.29, 0.717) is 16.8 Å². The highest BCUT2D eigenvalue weighted by molar-refractivity contribution is 6.16. The molecule has 0 saturated carbocycles. The smallest absolute Gasteiger partial charge is 0.238 e. The molecule has 4 aromatic carbocycles. The molecule has 5 aromatic rings. The molecular weight excluding hydrogens is 531 g/mol. The molecule has 4 heterocycles. The van der Waals surface area contributed by atoms with Gasteiger partial charge in [0.25, 0.3) is 0 Å². The fourth-order valence-corrected chi connectivity index (χ4v) is 7.21. The topological polar surface area (TPSA) is 79.6 Å². The van der Waals surface area contributed by atoms with Crippen molar-refractivity contribution in [2.24, 2.45) is 5.92 Å². The second-order valence-corrected chi connectivity index (χ2v) is 11.0. The summed E-state index contributed by atoms with van der Waals surface area (Å²) in [6.45, 7) is 0. The van der Waals surface area contributed by atoms with Crippen LogP contribution in [0.4, 0.5) is 10.1 Å². The normalized spacial score (nSPS) is 23.5. The van der Waals surface area contributed by atoms with Gasteiger partial charge < -0.3 is 14.6 Å². The van der Waals surface area contributed by atoms with Gasteiger partial charge in [0.05, 0.1) is 12.0 Å². The van der Waals surface area contributed by atoms with Crippen molar-refractivity contribution in [2.75, 3.05) is 5.32 Å². The molecule has 1 fully saturated rings. The number of ketones is 2. The van der Waals surface area contributed by atoms with Gasteiger partial charge in [-0.1, -0.05) is 60.7 Å². The van der Waals surface area contributed by atoms with Gasteiger partial charge in [-0.25, -0.2) is 4.39 Å². The zero-order chi connectivity index (χ0) is 28.6. The zero-order valence-electron chi connectivity index (χ0n) is 22.2. The van der Waals surface area contributed by atoms with E-state index in [4.69, 9.17) is 4.42 Å². The fraction of sp³-hybridized carbons (Fsp3) is 0.114. The molecular formula is C35H23FN2O4. The number of hydrogen-bond donors (Lipinski definition) is 1. The highest BCUT2D eigenvalue weighted by atomic mass is 19.1. The Bertz CT molecular complexity index is 1940. The van der Waals surface area contributed by atoms with Crippen LogP contribution in [0, 0.1) is 11.7 Å². The van der Waals surface area contributed by atoms with Crippen LogP contribution in [0.2, 0.25) is 0 Å². The minimum Gasteiger partial charge on any atom is -0.453 e. The van der Waals surface area contributed by atoms with Crippen molar-refractivity contribution in [1.29, 1.82) is 0 Å². The van der Waals surface area contributed by atoms with Gasteiger partial charge in [0.2, 0.25) is 11.7 Å². The maximum Gasteiger partial charge on any atom is 0.238 e. The van der Waals surface area contributed by atoms with Crippen LogP contribution < -0.4 is 5.32 Å². The molecule has 0 bridgehead atoms. The van der Waals surface area contributed by atoms with E-state index in [1.807, 2.05) is 77.7 Å². The third kappa shape index (κ3) is 3.22. The summed E-state index contributed by atoms with van der Waals surface area (Å²) in [5.74, 6) is -2.75. The number of rotatable bonds is 4. The van der Waals surface area contributed by atoms with Gasteiger partial charge in [-0.3, -0.25) is 14.4 Å². The van der Waals surface area contributed by atoms with Crippen LogP contribution in [0.25, 0.3) is 17.0 Å². The molecule has 3 aliphatic heterocycles. The summed E-state index contributed by atoms with van der Waals surface area (Å²) in [7, 11) is 0. The maximum atomic E-state index is 14.9. The molecule has 1 aromatic heterocycles. The van der Waals surface area contributed by atoms with E-state index in [-0.39, 0.29) is 23.0 Å². The maximum absolute atomic E-state index is 14.9. The van der Waals surface area contributed by atoms with Crippen molar-refractivity contribution in [1.82, 2.24) is 4.90 Å². The van der Waals surface area contributed by atoms with Gasteiger partial charge in [0, 0.05) is 22.8 Å². The molecule has 6 nitrogen and oxygen atoms in total. The average Bonchev–Trinajstić information content (AvgIpc) is 3.68. The van der Waals surface area contributed by atoms with Gasteiger partial charge in [0.15, 0.2) is 11.5 Å². The number of halogens is 1. The van der Waals surface area contributed by atoms with Crippen LogP contribution in [0.15, 0.2) is 114 Å². The highest BCUT2D eigenvalue weighted by Crippen LogP contribution is 2.62. The summed E-state index contributed by atoms with van der Waals surface area (Å²) < 4.78 is 20.0. The van der Waals surface area contributed by atoms with Crippen LogP contribution >= 0.6 is 0 Å². The Morgan fingerprint density at radius 3 is 2.43 bits per heavy atom. The lowest BCUT2D eigenvalue weighted by atomic mass is 9.63. The first-order valence-corrected chi connectivity index (χ1v) is 13.8. The Kier molecular flexibility index (Phi) is 5.16. The third-order valence-corrected chi connectivity index (χ3v) is 8.92. The third-order valence-electron chi connectivity index (χ3n) is 8.92. The van der Waals surface area contributed by atoms with E-state index in [1.165, 1.54) is 24.3 Å². The fourth-order valence-electron chi connectivity index (χ4n) is 7.21. The lowest BCUT2D eigenvalue weighted by Crippen LogP contribution is -2.49. The first-order chi connectivity index (χ1) is 20.5. The number of anilines is 1. The van der Waals surface area contributed by atoms with E-state index < -0.39 is 35.0 Å². The summed E-state index contributed by atoms with van der Waals surface area (Å²) in [6, 6.07) is 27.6. The molecule has 4 atom stereocenters. The summed E-state index contributed by atoms with van der Waals surface area (Å²) in [4.78, 5) is 45.7. The van der Waals surface area contributed by atoms with Gasteiger partial charge in [-0.2, -0.15) is 0 Å². The first kappa shape index (κ1) is 24.5. The van der Waals surface area contributed by atoms with Gasteiger partial charge >= 0.3 is 0 Å². The van der Waals surface area contributed by atoms with Crippen molar-refractivity contribution < 1.29 is 23.2 Å². The molecule has 0 aliphatic carbocycles. The second kappa shape index (κ2) is 8.85. The predicted octanol–water partition coefficient (Wildman–Crippen LogP) is 6.55. The number of nitrogens with one attached hydrogen (secondary N) is 1. The Labute approximate surface area is 240 Å². The molecule has 204 valence electrons. The number of nitrogens with zero attached hydrogens (tertiary/aromatic N) is 1. The van der Waals surface area contributed by atoms with Crippen LogP contribution in [0.5, 0.6) is 0 Å². The van der Waals surface area contributed by atoms with Crippen molar-refractivity contribution >= 4 is 40.2 Å². The molecule has 1 saturated heterocycles. The number of carbonyl (C=O) groups excluding carboxylic acids is 3. The number of fused-ring (bicyclic) bond motifs is 7. The summed E-state index contributed by atoms with van der Waals surface area (Å²) in [5, 5.41) is 3.77. The number of para-hydroxylation sites is 2. The van der Waals surface area contributed by atoms with Gasteiger partial charge in [-0.05, 0) is 65.2 Å². The number of amides is 1. The number of hydrogen-bond acceptors (Lipinski definition) is 5. The van der Waals surface area contributed by atoms with Crippen LogP contribution in [-0.4, -0.2) is 28.4 Å². The van der Waals surface area contributed by atoms with Gasteiger partial charge in [-0.15, -0.1) is 0 Å². The lowest BCUT2D eigenvalue weighted by molar-refractivity contribution is -0.122. The van der Waals surface area contributed by atoms with E-state index >= 15 is 0 Å². The molecule has 1 N–H and O–H groups in total. The monoisotopic (exact) mass is 554 g/mol. The van der Waals surface area contributed by atoms with E-state index in [1.54, 1.807) is 18.3 Å². The standard InChI is InChI=1S/C35H23FN2O4/c36-23-15-13-21(14-16-23)31(39)30-29(32(40)28-19-22-8-2-6-12-27(22)42-28)35(25-10-4-5-11-26(25)37-34(35)41)33-24-9-3-1-7-20(24)17-18-38(30)33/h1-19,29-30,33H,(H,37,41)/t29-,30+,33+,35+/m0/s1. The Morgan fingerprint density at radius 1 is 0.857 bits per heavy atom. The SMILES string of the molecule is O=C(c1cc2ccccc2o1)[C@@H]1[C@H](C(=O)c2ccc(F)cc2)N2C=Cc3ccccc3[C@@H]2[C@]12C(=O)Nc1ccccc12. The van der Waals surface area contributed by atoms with Crippen molar-refractivity contribution in [2.45, 2.75) is 17.5 Å². The van der Waals surface area contributed by atoms with Crippen molar-refractivity contribution in [3.05, 3.63) is 143 Å². The van der Waals surface area contributed by atoms with Crippen LogP contribution in [-0.2, 0) is 10.2 Å². The zero-order valence-corrected chi connectivity index (χ0v) is 22.2. The second-order valence-electron chi connectivity index (χ2n) is 11.0. The van der Waals surface area contributed by atoms with E-state index in [0.717, 1.165) is 16.5 Å². The molecule has 0 radical (unpaired) electrons. The number of carbonyl (C=O) groups is 3. The molecule has 42 heavy (non-hydrogen) atoms. The first-order valence-electron chi connectivity index (χ1n) is 13.8. The Morgan fingerprint density at radius 2 is 1.60 bits per heavy atom.